The minimum Gasteiger partial charge on any atom is -0.466 e. The first kappa shape index (κ1) is 32.4. The van der Waals surface area contributed by atoms with E-state index in [1.807, 2.05) is 6.92 Å². The van der Waals surface area contributed by atoms with Crippen molar-refractivity contribution in [3.8, 4) is 0 Å². The summed E-state index contributed by atoms with van der Waals surface area (Å²) in [4.78, 5) is 74.7. The number of carbonyl (C=O) groups excluding carboxylic acids is 4. The third-order valence-electron chi connectivity index (χ3n) is 6.23. The van der Waals surface area contributed by atoms with Gasteiger partial charge in [0.15, 0.2) is 5.65 Å². The Morgan fingerprint density at radius 2 is 1.79 bits per heavy atom. The molecule has 226 valence electrons. The quantitative estimate of drug-likeness (QED) is 0.264. The number of anilines is 1. The van der Waals surface area contributed by atoms with Gasteiger partial charge in [0.2, 0.25) is 11.9 Å². The van der Waals surface area contributed by atoms with Gasteiger partial charge in [-0.2, -0.15) is 4.98 Å². The molecule has 3 N–H and O–H groups in total. The third-order valence-corrected chi connectivity index (χ3v) is 7.53. The summed E-state index contributed by atoms with van der Waals surface area (Å²) in [6.07, 6.45) is 2.81. The molecule has 0 aromatic carbocycles. The number of nitrogens with one attached hydrogen (secondary N) is 3. The van der Waals surface area contributed by atoms with Crippen LogP contribution in [-0.4, -0.2) is 58.0 Å². The molecule has 3 rings (SSSR count). The monoisotopic (exact) mass is 599 g/mol. The van der Waals surface area contributed by atoms with Gasteiger partial charge in [-0.25, -0.2) is 9.78 Å². The average Bonchev–Trinajstić information content (AvgIpc) is 3.30. The lowest BCUT2D eigenvalue weighted by atomic mass is 9.96. The second-order valence-electron chi connectivity index (χ2n) is 10.7. The lowest BCUT2D eigenvalue weighted by Gasteiger charge is -2.16. The zero-order valence-corrected chi connectivity index (χ0v) is 25.5. The number of rotatable bonds is 12. The van der Waals surface area contributed by atoms with Gasteiger partial charge in [0, 0.05) is 22.9 Å². The Labute approximate surface area is 247 Å². The summed E-state index contributed by atoms with van der Waals surface area (Å²) in [5.74, 6) is -1.74. The van der Waals surface area contributed by atoms with Crippen molar-refractivity contribution >= 4 is 52.1 Å². The summed E-state index contributed by atoms with van der Waals surface area (Å²) in [6, 6.07) is 2.49. The topological polar surface area (TPSA) is 169 Å². The molecule has 0 spiro atoms. The molecule has 13 heteroatoms. The van der Waals surface area contributed by atoms with Crippen LogP contribution in [0.2, 0.25) is 0 Å². The van der Waals surface area contributed by atoms with Gasteiger partial charge in [0.25, 0.3) is 11.5 Å². The molecule has 0 radical (unpaired) electrons. The highest BCUT2D eigenvalue weighted by Gasteiger charge is 2.25. The first-order valence-corrected chi connectivity index (χ1v) is 14.6. The number of H-pyrrole nitrogens is 1. The Balaban J connectivity index is 1.69. The summed E-state index contributed by atoms with van der Waals surface area (Å²) in [5, 5.41) is 5.60. The van der Waals surface area contributed by atoms with Gasteiger partial charge in [-0.1, -0.05) is 20.8 Å². The number of ether oxygens (including phenoxy) is 2. The van der Waals surface area contributed by atoms with Gasteiger partial charge in [-0.15, -0.1) is 11.3 Å². The molecule has 2 amide bonds. The maximum atomic E-state index is 13.0. The predicted octanol–water partition coefficient (Wildman–Crippen LogP) is 3.46. The molecule has 0 saturated carbocycles. The number of hydrogen-bond donors (Lipinski definition) is 3. The van der Waals surface area contributed by atoms with Gasteiger partial charge in [0.1, 0.15) is 6.04 Å². The molecule has 0 bridgehead atoms. The number of carbonyl (C=O) groups is 4. The van der Waals surface area contributed by atoms with E-state index < -0.39 is 34.9 Å². The lowest BCUT2D eigenvalue weighted by molar-refractivity contribution is -0.146. The van der Waals surface area contributed by atoms with Crippen LogP contribution in [-0.2, 0) is 36.7 Å². The predicted molar refractivity (Wildman–Crippen MR) is 158 cm³/mol. The second kappa shape index (κ2) is 14.2. The van der Waals surface area contributed by atoms with E-state index in [1.165, 1.54) is 11.3 Å². The van der Waals surface area contributed by atoms with Crippen molar-refractivity contribution in [3.05, 3.63) is 49.6 Å². The maximum absolute atomic E-state index is 13.0. The molecule has 1 atom stereocenters. The van der Waals surface area contributed by atoms with Gasteiger partial charge < -0.3 is 14.8 Å². The summed E-state index contributed by atoms with van der Waals surface area (Å²) in [7, 11) is 0. The summed E-state index contributed by atoms with van der Waals surface area (Å²) >= 11 is 1.31. The average molecular weight is 600 g/mol. The van der Waals surface area contributed by atoms with Crippen LogP contribution in [0.3, 0.4) is 0 Å². The van der Waals surface area contributed by atoms with Crippen LogP contribution in [0.25, 0.3) is 11.0 Å². The number of aromatic amines is 1. The number of hydrogen-bond acceptors (Lipinski definition) is 10. The molecule has 0 fully saturated rings. The van der Waals surface area contributed by atoms with Gasteiger partial charge in [0.05, 0.1) is 23.5 Å². The molecule has 3 aromatic rings. The molecule has 0 aliphatic heterocycles. The number of thiophene rings is 1. The molecule has 0 aliphatic carbocycles. The van der Waals surface area contributed by atoms with E-state index in [0.717, 1.165) is 16.0 Å². The fraction of sp³-hybridized carbons (Fsp3) is 0.483. The highest BCUT2D eigenvalue weighted by atomic mass is 32.1. The largest absolute Gasteiger partial charge is 0.466 e. The molecule has 3 aromatic heterocycles. The molecule has 42 heavy (non-hydrogen) atoms. The Kier molecular flexibility index (Phi) is 10.9. The van der Waals surface area contributed by atoms with E-state index in [-0.39, 0.29) is 43.6 Å². The van der Waals surface area contributed by atoms with E-state index in [4.69, 9.17) is 9.47 Å². The van der Waals surface area contributed by atoms with Crippen LogP contribution < -0.4 is 16.2 Å². The van der Waals surface area contributed by atoms with E-state index in [9.17, 15) is 24.0 Å². The number of aromatic nitrogens is 3. The van der Waals surface area contributed by atoms with E-state index in [0.29, 0.717) is 23.1 Å². The Morgan fingerprint density at radius 3 is 2.45 bits per heavy atom. The van der Waals surface area contributed by atoms with Crippen molar-refractivity contribution in [2.45, 2.75) is 73.3 Å². The second-order valence-corrected chi connectivity index (χ2v) is 11.8. The van der Waals surface area contributed by atoms with Crippen molar-refractivity contribution in [2.75, 3.05) is 18.5 Å². The van der Waals surface area contributed by atoms with Crippen molar-refractivity contribution in [1.82, 2.24) is 20.3 Å². The molecule has 0 saturated heterocycles. The first-order chi connectivity index (χ1) is 19.8. The molecule has 12 nitrogen and oxygen atoms in total. The normalized spacial score (nSPS) is 12.0. The van der Waals surface area contributed by atoms with E-state index in [1.54, 1.807) is 52.9 Å². The maximum Gasteiger partial charge on any atom is 0.328 e. The van der Waals surface area contributed by atoms with Crippen LogP contribution in [0.5, 0.6) is 0 Å². The zero-order valence-electron chi connectivity index (χ0n) is 24.7. The van der Waals surface area contributed by atoms with Crippen molar-refractivity contribution < 1.29 is 28.7 Å². The lowest BCUT2D eigenvalue weighted by Crippen LogP contribution is -2.42. The number of pyridine rings is 1. The van der Waals surface area contributed by atoms with Gasteiger partial charge >= 0.3 is 11.9 Å². The summed E-state index contributed by atoms with van der Waals surface area (Å²) in [5.41, 5.74) is 0.872. The molecular weight excluding hydrogens is 562 g/mol. The Hall–Kier alpha value is -4.13. The highest BCUT2D eigenvalue weighted by Crippen LogP contribution is 2.24. The summed E-state index contributed by atoms with van der Waals surface area (Å²) in [6.45, 7) is 10.9. The number of esters is 2. The van der Waals surface area contributed by atoms with Crippen LogP contribution in [0.15, 0.2) is 23.1 Å². The number of nitrogens with zero attached hydrogens (tertiary/aromatic N) is 2. The minimum atomic E-state index is -0.981. The van der Waals surface area contributed by atoms with E-state index in [2.05, 4.69) is 25.6 Å². The van der Waals surface area contributed by atoms with Gasteiger partial charge in [-0.3, -0.25) is 29.5 Å². The number of amides is 2. The molecule has 0 aliphatic rings. The molecular formula is C29H37N5O7S. The first-order valence-electron chi connectivity index (χ1n) is 13.7. The minimum absolute atomic E-state index is 0.0304. The number of aryl methyl sites for hydroxylation is 3. The Bertz CT molecular complexity index is 1520. The molecule has 1 unspecified atom stereocenters. The van der Waals surface area contributed by atoms with Crippen molar-refractivity contribution in [1.29, 1.82) is 0 Å². The zero-order chi connectivity index (χ0) is 31.0. The summed E-state index contributed by atoms with van der Waals surface area (Å²) < 4.78 is 9.99. The molecule has 3 heterocycles. The highest BCUT2D eigenvalue weighted by molar-refractivity contribution is 7.14. The standard InChI is InChI=1S/C29H37N5O7S/c1-7-40-22(35)12-10-19(26(38)41-8-2)31-25(37)21-13-16(3)20(42-21)11-9-17-14-18-23(30-15-17)32-28(33-24(18)36)34-27(39)29(4,5)6/h13-15,19H,7-12H2,1-6H3,(H,31,37)(H2,30,32,33,34,36,39). The Morgan fingerprint density at radius 1 is 1.07 bits per heavy atom. The van der Waals surface area contributed by atoms with Crippen molar-refractivity contribution in [3.63, 3.8) is 0 Å². The SMILES string of the molecule is CCOC(=O)CCC(NC(=O)c1cc(C)c(CCc2cnc3nc(NC(=O)C(C)(C)C)[nH]c(=O)c3c2)s1)C(=O)OCC. The van der Waals surface area contributed by atoms with Crippen LogP contribution in [0.4, 0.5) is 5.95 Å². The van der Waals surface area contributed by atoms with Gasteiger partial charge in [-0.05, 0) is 63.3 Å². The van der Waals surface area contributed by atoms with E-state index >= 15 is 0 Å². The third kappa shape index (κ3) is 8.68. The van der Waals surface area contributed by atoms with Crippen LogP contribution in [0.1, 0.15) is 73.1 Å². The van der Waals surface area contributed by atoms with Crippen molar-refractivity contribution in [2.24, 2.45) is 5.41 Å². The van der Waals surface area contributed by atoms with Crippen LogP contribution in [0, 0.1) is 12.3 Å². The fourth-order valence-corrected chi connectivity index (χ4v) is 4.99. The van der Waals surface area contributed by atoms with Crippen LogP contribution >= 0.6 is 11.3 Å². The number of fused-ring (bicyclic) bond motifs is 1. The smallest absolute Gasteiger partial charge is 0.328 e. The fourth-order valence-electron chi connectivity index (χ4n) is 3.91.